The Labute approximate surface area is 188 Å². The van der Waals surface area contributed by atoms with Gasteiger partial charge in [-0.1, -0.05) is 17.7 Å². The SMILES string of the molecule is C[C@@H](Nc1ncnc2[nH]cnc12)c1cc2ccc(F)c(Cl)c2c(=O)n1-c1cc(F)ccc1F. The molecule has 11 heteroatoms. The van der Waals surface area contributed by atoms with Gasteiger partial charge in [-0.25, -0.2) is 28.1 Å². The van der Waals surface area contributed by atoms with Gasteiger partial charge in [0, 0.05) is 11.8 Å². The average Bonchev–Trinajstić information content (AvgIpc) is 3.28. The minimum absolute atomic E-state index is 0.145. The lowest BCUT2D eigenvalue weighted by Crippen LogP contribution is -2.27. The number of aromatic nitrogens is 5. The van der Waals surface area contributed by atoms with E-state index in [1.54, 1.807) is 13.0 Å². The lowest BCUT2D eigenvalue weighted by atomic mass is 10.1. The largest absolute Gasteiger partial charge is 0.360 e. The summed E-state index contributed by atoms with van der Waals surface area (Å²) in [6, 6.07) is 6.19. The molecule has 5 aromatic rings. The first-order valence-electron chi connectivity index (χ1n) is 9.75. The number of benzene rings is 2. The number of pyridine rings is 1. The van der Waals surface area contributed by atoms with Gasteiger partial charge in [-0.05, 0) is 36.6 Å². The molecule has 7 nitrogen and oxygen atoms in total. The quantitative estimate of drug-likeness (QED) is 0.390. The number of fused-ring (bicyclic) bond motifs is 2. The zero-order chi connectivity index (χ0) is 23.3. The summed E-state index contributed by atoms with van der Waals surface area (Å²) in [6.07, 6.45) is 2.79. The molecule has 0 saturated carbocycles. The second-order valence-corrected chi connectivity index (χ2v) is 7.70. The van der Waals surface area contributed by atoms with Gasteiger partial charge in [-0.15, -0.1) is 0 Å². The summed E-state index contributed by atoms with van der Waals surface area (Å²) in [7, 11) is 0. The van der Waals surface area contributed by atoms with Crippen LogP contribution in [0.15, 0.2) is 53.8 Å². The van der Waals surface area contributed by atoms with Crippen molar-refractivity contribution in [2.75, 3.05) is 5.32 Å². The lowest BCUT2D eigenvalue weighted by Gasteiger charge is -2.22. The van der Waals surface area contributed by atoms with Crippen molar-refractivity contribution in [3.05, 3.63) is 87.6 Å². The molecule has 0 aliphatic carbocycles. The number of halogens is 4. The third-order valence-electron chi connectivity index (χ3n) is 5.27. The summed E-state index contributed by atoms with van der Waals surface area (Å²) in [5.74, 6) is -2.02. The molecule has 33 heavy (non-hydrogen) atoms. The van der Waals surface area contributed by atoms with E-state index in [2.05, 4.69) is 25.3 Å². The van der Waals surface area contributed by atoms with Crippen LogP contribution in [-0.2, 0) is 0 Å². The van der Waals surface area contributed by atoms with E-state index < -0.39 is 34.1 Å². The smallest absolute Gasteiger partial charge is 0.264 e. The number of aromatic amines is 1. The summed E-state index contributed by atoms with van der Waals surface area (Å²) in [5, 5.41) is 2.93. The number of hydrogen-bond acceptors (Lipinski definition) is 5. The van der Waals surface area contributed by atoms with Crippen molar-refractivity contribution in [2.24, 2.45) is 0 Å². The molecule has 0 radical (unpaired) electrons. The Morgan fingerprint density at radius 1 is 1.06 bits per heavy atom. The maximum absolute atomic E-state index is 14.8. The average molecular weight is 471 g/mol. The highest BCUT2D eigenvalue weighted by Gasteiger charge is 2.22. The molecule has 2 N–H and O–H groups in total. The highest BCUT2D eigenvalue weighted by Crippen LogP contribution is 2.30. The normalized spacial score (nSPS) is 12.4. The minimum Gasteiger partial charge on any atom is -0.360 e. The van der Waals surface area contributed by atoms with E-state index in [9.17, 15) is 18.0 Å². The number of rotatable bonds is 4. The van der Waals surface area contributed by atoms with Crippen LogP contribution in [0.3, 0.4) is 0 Å². The first kappa shape index (κ1) is 21.0. The van der Waals surface area contributed by atoms with Gasteiger partial charge in [-0.3, -0.25) is 9.36 Å². The third-order valence-corrected chi connectivity index (χ3v) is 5.64. The summed E-state index contributed by atoms with van der Waals surface area (Å²) in [4.78, 5) is 28.8. The van der Waals surface area contributed by atoms with Crippen LogP contribution in [0.2, 0.25) is 5.02 Å². The predicted octanol–water partition coefficient (Wildman–Crippen LogP) is 4.90. The Bertz CT molecular complexity index is 1600. The van der Waals surface area contributed by atoms with Gasteiger partial charge >= 0.3 is 0 Å². The van der Waals surface area contributed by atoms with Crippen molar-refractivity contribution in [2.45, 2.75) is 13.0 Å². The Hall–Kier alpha value is -3.92. The molecule has 0 fully saturated rings. The molecule has 166 valence electrons. The van der Waals surface area contributed by atoms with Crippen molar-refractivity contribution in [1.29, 1.82) is 0 Å². The fraction of sp³-hybridized carbons (Fsp3) is 0.0909. The fourth-order valence-electron chi connectivity index (χ4n) is 3.73. The topological polar surface area (TPSA) is 88.5 Å². The van der Waals surface area contributed by atoms with Gasteiger partial charge < -0.3 is 10.3 Å². The predicted molar refractivity (Wildman–Crippen MR) is 118 cm³/mol. The van der Waals surface area contributed by atoms with Crippen molar-refractivity contribution >= 4 is 39.4 Å². The minimum atomic E-state index is -0.837. The molecule has 0 aliphatic heterocycles. The number of H-pyrrole nitrogens is 1. The zero-order valence-electron chi connectivity index (χ0n) is 16.9. The second-order valence-electron chi connectivity index (χ2n) is 7.32. The number of nitrogens with zero attached hydrogens (tertiary/aromatic N) is 4. The van der Waals surface area contributed by atoms with Gasteiger partial charge in [0.15, 0.2) is 11.5 Å². The first-order valence-corrected chi connectivity index (χ1v) is 10.1. The van der Waals surface area contributed by atoms with Crippen LogP contribution in [0.4, 0.5) is 19.0 Å². The Balaban J connectivity index is 1.77. The fourth-order valence-corrected chi connectivity index (χ4v) is 3.98. The number of hydrogen-bond donors (Lipinski definition) is 2. The molecule has 5 rings (SSSR count). The summed E-state index contributed by atoms with van der Waals surface area (Å²) >= 11 is 6.08. The Kier molecular flexibility index (Phi) is 5.01. The van der Waals surface area contributed by atoms with Crippen LogP contribution in [-0.4, -0.2) is 24.5 Å². The third kappa shape index (κ3) is 3.48. The zero-order valence-corrected chi connectivity index (χ0v) is 17.7. The van der Waals surface area contributed by atoms with Gasteiger partial charge in [0.2, 0.25) is 0 Å². The molecule has 0 amide bonds. The van der Waals surface area contributed by atoms with Crippen molar-refractivity contribution < 1.29 is 13.2 Å². The van der Waals surface area contributed by atoms with Crippen LogP contribution in [0.25, 0.3) is 27.6 Å². The van der Waals surface area contributed by atoms with Crippen LogP contribution >= 0.6 is 11.6 Å². The van der Waals surface area contributed by atoms with E-state index in [0.29, 0.717) is 22.4 Å². The van der Waals surface area contributed by atoms with E-state index in [1.165, 1.54) is 18.7 Å². The molecule has 0 bridgehead atoms. The van der Waals surface area contributed by atoms with E-state index in [-0.39, 0.29) is 16.8 Å². The van der Waals surface area contributed by atoms with Crippen molar-refractivity contribution in [1.82, 2.24) is 24.5 Å². The Morgan fingerprint density at radius 3 is 2.67 bits per heavy atom. The van der Waals surface area contributed by atoms with Crippen LogP contribution in [0.5, 0.6) is 0 Å². The summed E-state index contributed by atoms with van der Waals surface area (Å²) in [5.41, 5.74) is 0.0910. The highest BCUT2D eigenvalue weighted by atomic mass is 35.5. The van der Waals surface area contributed by atoms with Gasteiger partial charge in [0.1, 0.15) is 29.3 Å². The summed E-state index contributed by atoms with van der Waals surface area (Å²) < 4.78 is 43.9. The van der Waals surface area contributed by atoms with E-state index in [0.717, 1.165) is 28.8 Å². The number of nitrogens with one attached hydrogen (secondary N) is 2. The van der Waals surface area contributed by atoms with Crippen molar-refractivity contribution in [3.8, 4) is 5.69 Å². The lowest BCUT2D eigenvalue weighted by molar-refractivity contribution is 0.587. The maximum Gasteiger partial charge on any atom is 0.264 e. The maximum atomic E-state index is 14.8. The van der Waals surface area contributed by atoms with Crippen LogP contribution in [0, 0.1) is 17.5 Å². The monoisotopic (exact) mass is 470 g/mol. The molecule has 3 aromatic heterocycles. The number of imidazole rings is 1. The highest BCUT2D eigenvalue weighted by molar-refractivity contribution is 6.35. The van der Waals surface area contributed by atoms with E-state index >= 15 is 0 Å². The van der Waals surface area contributed by atoms with Crippen LogP contribution in [0.1, 0.15) is 18.7 Å². The number of anilines is 1. The van der Waals surface area contributed by atoms with Gasteiger partial charge in [-0.2, -0.15) is 0 Å². The van der Waals surface area contributed by atoms with E-state index in [1.807, 2.05) is 0 Å². The Morgan fingerprint density at radius 2 is 1.85 bits per heavy atom. The van der Waals surface area contributed by atoms with Crippen LogP contribution < -0.4 is 10.9 Å². The molecule has 0 unspecified atom stereocenters. The standard InChI is InChI=1S/C22H14ClF3N6O/c1-10(31-21-19-20(28-8-27-19)29-9-30-21)15-6-11-2-4-14(26)18(23)17(11)22(33)32(15)16-7-12(24)3-5-13(16)25/h2-10H,1H3,(H2,27,28,29,30,31)/t10-/m1/s1. The molecular weight excluding hydrogens is 457 g/mol. The molecule has 3 heterocycles. The second kappa shape index (κ2) is 7.89. The van der Waals surface area contributed by atoms with Gasteiger partial charge in [0.25, 0.3) is 5.56 Å². The molecule has 0 aliphatic rings. The molecule has 2 aromatic carbocycles. The van der Waals surface area contributed by atoms with E-state index in [4.69, 9.17) is 11.6 Å². The molecule has 0 saturated heterocycles. The summed E-state index contributed by atoms with van der Waals surface area (Å²) in [6.45, 7) is 1.71. The molecule has 1 atom stereocenters. The molecular formula is C22H14ClF3N6O. The van der Waals surface area contributed by atoms with Gasteiger partial charge in [0.05, 0.1) is 28.5 Å². The molecule has 0 spiro atoms. The van der Waals surface area contributed by atoms with Crippen molar-refractivity contribution in [3.63, 3.8) is 0 Å². The first-order chi connectivity index (χ1) is 15.8.